The molecule has 0 bridgehead atoms. The Balaban J connectivity index is 2.02. The van der Waals surface area contributed by atoms with Crippen LogP contribution in [0.15, 0.2) is 12.4 Å². The van der Waals surface area contributed by atoms with Gasteiger partial charge in [0.15, 0.2) is 0 Å². The van der Waals surface area contributed by atoms with Gasteiger partial charge in [0.25, 0.3) is 0 Å². The van der Waals surface area contributed by atoms with Gasteiger partial charge in [-0.05, 0) is 25.7 Å². The van der Waals surface area contributed by atoms with Gasteiger partial charge >= 0.3 is 0 Å². The average molecular weight is 505 g/mol. The molecule has 0 radical (unpaired) electrons. The Bertz CT molecular complexity index is 460. The van der Waals surface area contributed by atoms with Crippen LogP contribution in [0.3, 0.4) is 0 Å². The first-order valence-corrected chi connectivity index (χ1v) is 17.0. The van der Waals surface area contributed by atoms with Crippen LogP contribution in [0.25, 0.3) is 0 Å². The van der Waals surface area contributed by atoms with Crippen molar-refractivity contribution in [3.05, 3.63) is 12.4 Å². The lowest BCUT2D eigenvalue weighted by Crippen LogP contribution is -2.39. The Morgan fingerprint density at radius 3 is 1.08 bits per heavy atom. The molecule has 0 aromatic rings. The van der Waals surface area contributed by atoms with Gasteiger partial charge in [-0.15, -0.1) is 0 Å². The van der Waals surface area contributed by atoms with Gasteiger partial charge in [-0.2, -0.15) is 0 Å². The highest BCUT2D eigenvalue weighted by molar-refractivity contribution is 4.96. The van der Waals surface area contributed by atoms with E-state index >= 15 is 0 Å². The standard InChI is InChI=1S/C34H68N2/c1-4-7-9-11-13-15-17-18-19-20-21-23-25-27-29-34-35(30-6-3)32-33-36(34)31-28-26-24-22-16-14-12-10-8-5-2/h32-34H,4-31H2,1-3H3. The van der Waals surface area contributed by atoms with E-state index in [-0.39, 0.29) is 0 Å². The van der Waals surface area contributed by atoms with Crippen LogP contribution in [0.1, 0.15) is 188 Å². The second-order valence-corrected chi connectivity index (χ2v) is 11.8. The summed E-state index contributed by atoms with van der Waals surface area (Å²) in [5.74, 6) is 0. The summed E-state index contributed by atoms with van der Waals surface area (Å²) in [6.45, 7) is 9.41. The molecule has 0 amide bonds. The van der Waals surface area contributed by atoms with E-state index in [1.165, 1.54) is 180 Å². The summed E-state index contributed by atoms with van der Waals surface area (Å²) in [7, 11) is 0. The summed E-state index contributed by atoms with van der Waals surface area (Å²) in [5.41, 5.74) is 0. The minimum Gasteiger partial charge on any atom is -0.356 e. The third kappa shape index (κ3) is 18.6. The van der Waals surface area contributed by atoms with Crippen LogP contribution < -0.4 is 0 Å². The van der Waals surface area contributed by atoms with Crippen molar-refractivity contribution in [1.29, 1.82) is 0 Å². The maximum absolute atomic E-state index is 2.67. The molecule has 214 valence electrons. The van der Waals surface area contributed by atoms with Gasteiger partial charge in [-0.1, -0.05) is 162 Å². The highest BCUT2D eigenvalue weighted by Crippen LogP contribution is 2.23. The summed E-state index contributed by atoms with van der Waals surface area (Å²) >= 11 is 0. The van der Waals surface area contributed by atoms with Crippen molar-refractivity contribution in [3.63, 3.8) is 0 Å². The van der Waals surface area contributed by atoms with Crippen molar-refractivity contribution in [1.82, 2.24) is 9.80 Å². The van der Waals surface area contributed by atoms with Gasteiger partial charge in [0.05, 0.1) is 0 Å². The van der Waals surface area contributed by atoms with Gasteiger partial charge in [-0.25, -0.2) is 0 Å². The molecule has 1 aliphatic heterocycles. The topological polar surface area (TPSA) is 6.48 Å². The molecule has 0 saturated heterocycles. The largest absolute Gasteiger partial charge is 0.356 e. The summed E-state index contributed by atoms with van der Waals surface area (Å²) in [5, 5.41) is 0. The van der Waals surface area contributed by atoms with Crippen LogP contribution in [0.4, 0.5) is 0 Å². The molecule has 0 fully saturated rings. The molecule has 36 heavy (non-hydrogen) atoms. The predicted octanol–water partition coefficient (Wildman–Crippen LogP) is 11.6. The van der Waals surface area contributed by atoms with Gasteiger partial charge in [0, 0.05) is 25.5 Å². The van der Waals surface area contributed by atoms with Gasteiger partial charge in [0.2, 0.25) is 0 Å². The van der Waals surface area contributed by atoms with Gasteiger partial charge in [0.1, 0.15) is 6.17 Å². The molecule has 0 N–H and O–H groups in total. The molecule has 0 aromatic carbocycles. The number of rotatable bonds is 28. The van der Waals surface area contributed by atoms with Crippen molar-refractivity contribution in [3.8, 4) is 0 Å². The number of nitrogens with zero attached hydrogens (tertiary/aromatic N) is 2. The molecule has 2 nitrogen and oxygen atoms in total. The van der Waals surface area contributed by atoms with Crippen LogP contribution in [-0.4, -0.2) is 29.1 Å². The van der Waals surface area contributed by atoms with Crippen LogP contribution in [0.5, 0.6) is 0 Å². The quantitative estimate of drug-likeness (QED) is 0.0977. The molecule has 0 aromatic heterocycles. The minimum absolute atomic E-state index is 0.640. The molecule has 1 heterocycles. The fraction of sp³-hybridized carbons (Fsp3) is 0.941. The van der Waals surface area contributed by atoms with Gasteiger partial charge in [-0.3, -0.25) is 0 Å². The monoisotopic (exact) mass is 505 g/mol. The first kappa shape index (κ1) is 33.4. The fourth-order valence-corrected chi connectivity index (χ4v) is 5.90. The Morgan fingerprint density at radius 2 is 0.694 bits per heavy atom. The molecule has 1 aliphatic rings. The molecule has 1 unspecified atom stereocenters. The fourth-order valence-electron chi connectivity index (χ4n) is 5.90. The smallest absolute Gasteiger partial charge is 0.101 e. The lowest BCUT2D eigenvalue weighted by Gasteiger charge is -2.33. The summed E-state index contributed by atoms with van der Waals surface area (Å²) in [6.07, 6.45) is 42.6. The van der Waals surface area contributed by atoms with Crippen LogP contribution in [-0.2, 0) is 0 Å². The van der Waals surface area contributed by atoms with Crippen LogP contribution >= 0.6 is 0 Å². The maximum Gasteiger partial charge on any atom is 0.101 e. The van der Waals surface area contributed by atoms with E-state index in [1.54, 1.807) is 0 Å². The molecule has 2 heteroatoms. The SMILES string of the molecule is CCCCCCCCCCCCCCCCC1N(CCC)C=CN1CCCCCCCCCCCC. The predicted molar refractivity (Wildman–Crippen MR) is 163 cm³/mol. The van der Waals surface area contributed by atoms with E-state index in [0.29, 0.717) is 6.17 Å². The number of hydrogen-bond acceptors (Lipinski definition) is 2. The molecule has 1 atom stereocenters. The Labute approximate surface area is 229 Å². The minimum atomic E-state index is 0.640. The Morgan fingerprint density at radius 1 is 0.361 bits per heavy atom. The summed E-state index contributed by atoms with van der Waals surface area (Å²) < 4.78 is 0. The molecule has 0 spiro atoms. The molecular formula is C34H68N2. The third-order valence-corrected chi connectivity index (χ3v) is 8.28. The molecule has 1 rings (SSSR count). The van der Waals surface area contributed by atoms with Crippen molar-refractivity contribution in [2.45, 2.75) is 194 Å². The molecular weight excluding hydrogens is 436 g/mol. The Kier molecular flexibility index (Phi) is 24.1. The van der Waals surface area contributed by atoms with E-state index in [9.17, 15) is 0 Å². The lowest BCUT2D eigenvalue weighted by atomic mass is 10.0. The second kappa shape index (κ2) is 26.0. The van der Waals surface area contributed by atoms with E-state index < -0.39 is 0 Å². The third-order valence-electron chi connectivity index (χ3n) is 8.28. The summed E-state index contributed by atoms with van der Waals surface area (Å²) in [6, 6.07) is 0. The van der Waals surface area contributed by atoms with E-state index in [1.807, 2.05) is 0 Å². The number of unbranched alkanes of at least 4 members (excludes halogenated alkanes) is 22. The zero-order valence-corrected chi connectivity index (χ0v) is 25.4. The van der Waals surface area contributed by atoms with E-state index in [0.717, 1.165) is 0 Å². The first-order valence-electron chi connectivity index (χ1n) is 17.0. The zero-order valence-electron chi connectivity index (χ0n) is 25.4. The van der Waals surface area contributed by atoms with Crippen molar-refractivity contribution >= 4 is 0 Å². The highest BCUT2D eigenvalue weighted by atomic mass is 15.4. The average Bonchev–Trinajstić information content (AvgIpc) is 3.26. The molecule has 0 saturated carbocycles. The van der Waals surface area contributed by atoms with Crippen molar-refractivity contribution in [2.24, 2.45) is 0 Å². The maximum atomic E-state index is 2.67. The van der Waals surface area contributed by atoms with Crippen LogP contribution in [0.2, 0.25) is 0 Å². The van der Waals surface area contributed by atoms with E-state index in [4.69, 9.17) is 0 Å². The number of hydrogen-bond donors (Lipinski definition) is 0. The van der Waals surface area contributed by atoms with Gasteiger partial charge < -0.3 is 9.80 Å². The van der Waals surface area contributed by atoms with Crippen molar-refractivity contribution < 1.29 is 0 Å². The summed E-state index contributed by atoms with van der Waals surface area (Å²) in [4.78, 5) is 5.29. The lowest BCUT2D eigenvalue weighted by molar-refractivity contribution is 0.137. The van der Waals surface area contributed by atoms with E-state index in [2.05, 4.69) is 43.0 Å². The second-order valence-electron chi connectivity index (χ2n) is 11.8. The zero-order chi connectivity index (χ0) is 25.9. The van der Waals surface area contributed by atoms with Crippen molar-refractivity contribution in [2.75, 3.05) is 13.1 Å². The van der Waals surface area contributed by atoms with Crippen LogP contribution in [0, 0.1) is 0 Å². The molecule has 0 aliphatic carbocycles. The Hall–Kier alpha value is -0.660. The first-order chi connectivity index (χ1) is 17.8. The highest BCUT2D eigenvalue weighted by Gasteiger charge is 2.24. The normalized spacial score (nSPS) is 15.5.